The first-order chi connectivity index (χ1) is 10.0. The normalized spacial score (nSPS) is 14.9. The lowest BCUT2D eigenvalue weighted by atomic mass is 10.1. The minimum absolute atomic E-state index is 0.0689. The Balaban J connectivity index is 2.11. The molecule has 7 heteroatoms. The highest BCUT2D eigenvalue weighted by Gasteiger charge is 2.28. The zero-order valence-electron chi connectivity index (χ0n) is 10.5. The minimum atomic E-state index is -0.494. The average molecular weight is 393 g/mol. The average Bonchev–Trinajstić information content (AvgIpc) is 2.74. The second kappa shape index (κ2) is 5.24. The van der Waals surface area contributed by atoms with Gasteiger partial charge in [0.25, 0.3) is 11.6 Å². The van der Waals surface area contributed by atoms with E-state index >= 15 is 0 Å². The Morgan fingerprint density at radius 1 is 1.19 bits per heavy atom. The van der Waals surface area contributed by atoms with Crippen molar-refractivity contribution in [2.45, 2.75) is 0 Å². The van der Waals surface area contributed by atoms with E-state index < -0.39 is 4.92 Å². The zero-order chi connectivity index (χ0) is 15.0. The Morgan fingerprint density at radius 2 is 2.00 bits per heavy atom. The van der Waals surface area contributed by atoms with Crippen LogP contribution in [0.1, 0.15) is 5.56 Å². The maximum Gasteiger partial charge on any atom is 0.275 e. The van der Waals surface area contributed by atoms with Crippen molar-refractivity contribution in [1.82, 2.24) is 0 Å². The number of benzene rings is 2. The van der Waals surface area contributed by atoms with E-state index in [4.69, 9.17) is 0 Å². The smallest absolute Gasteiger partial charge is 0.275 e. The summed E-state index contributed by atoms with van der Waals surface area (Å²) < 4.78 is 0.993. The van der Waals surface area contributed by atoms with Gasteiger partial charge in [-0.15, -0.1) is 0 Å². The number of nitrogens with zero attached hydrogens (tertiary/aromatic N) is 2. The monoisotopic (exact) mass is 393 g/mol. The lowest BCUT2D eigenvalue weighted by Crippen LogP contribution is -2.13. The number of nitro benzene ring substituents is 1. The molecular formula is C14H8IN3O3. The third-order valence-corrected chi connectivity index (χ3v) is 3.65. The quantitative estimate of drug-likeness (QED) is 0.483. The number of halogens is 1. The molecule has 0 fully saturated rings. The molecule has 1 aliphatic rings. The van der Waals surface area contributed by atoms with E-state index in [1.165, 1.54) is 18.2 Å². The molecule has 0 aromatic heterocycles. The molecule has 1 aliphatic heterocycles. The molecule has 2 aromatic carbocycles. The van der Waals surface area contributed by atoms with Crippen molar-refractivity contribution in [3.8, 4) is 0 Å². The molecule has 0 spiro atoms. The molecule has 0 aliphatic carbocycles. The SMILES string of the molecule is O=C1Nc2ccc([N+](=O)[O-])cc2C1=Nc1cccc(I)c1. The van der Waals surface area contributed by atoms with Crippen molar-refractivity contribution >= 4 is 51.3 Å². The molecule has 2 aromatic rings. The van der Waals surface area contributed by atoms with E-state index in [9.17, 15) is 14.9 Å². The highest BCUT2D eigenvalue weighted by Crippen LogP contribution is 2.29. The number of nitro groups is 1. The first-order valence-corrected chi connectivity index (χ1v) is 7.07. The second-order valence-electron chi connectivity index (χ2n) is 4.38. The summed E-state index contributed by atoms with van der Waals surface area (Å²) in [6.45, 7) is 0. The van der Waals surface area contributed by atoms with E-state index in [0.717, 1.165) is 3.57 Å². The van der Waals surface area contributed by atoms with Crippen molar-refractivity contribution in [2.75, 3.05) is 5.32 Å². The lowest BCUT2D eigenvalue weighted by molar-refractivity contribution is -0.384. The van der Waals surface area contributed by atoms with Gasteiger partial charge >= 0.3 is 0 Å². The Hall–Kier alpha value is -2.29. The first kappa shape index (κ1) is 13.7. The summed E-state index contributed by atoms with van der Waals surface area (Å²) in [5.41, 5.74) is 1.74. The topological polar surface area (TPSA) is 84.6 Å². The van der Waals surface area contributed by atoms with Gasteiger partial charge in [-0.05, 0) is 46.9 Å². The number of rotatable bonds is 2. The Kier molecular flexibility index (Phi) is 3.42. The van der Waals surface area contributed by atoms with E-state index in [2.05, 4.69) is 32.9 Å². The highest BCUT2D eigenvalue weighted by molar-refractivity contribution is 14.1. The van der Waals surface area contributed by atoms with Gasteiger partial charge in [-0.1, -0.05) is 6.07 Å². The molecule has 0 saturated carbocycles. The molecule has 1 heterocycles. The van der Waals surface area contributed by atoms with Crippen LogP contribution in [-0.2, 0) is 4.79 Å². The fraction of sp³-hybridized carbons (Fsp3) is 0. The predicted octanol–water partition coefficient (Wildman–Crippen LogP) is 3.27. The molecular weight excluding hydrogens is 385 g/mol. The highest BCUT2D eigenvalue weighted by atomic mass is 127. The molecule has 0 atom stereocenters. The van der Waals surface area contributed by atoms with Crippen molar-refractivity contribution in [2.24, 2.45) is 4.99 Å². The lowest BCUT2D eigenvalue weighted by Gasteiger charge is -1.99. The Labute approximate surface area is 133 Å². The molecule has 104 valence electrons. The van der Waals surface area contributed by atoms with E-state index in [1.54, 1.807) is 6.07 Å². The summed E-state index contributed by atoms with van der Waals surface area (Å²) in [6, 6.07) is 11.6. The van der Waals surface area contributed by atoms with Crippen LogP contribution in [0.25, 0.3) is 0 Å². The third kappa shape index (κ3) is 2.64. The van der Waals surface area contributed by atoms with Crippen molar-refractivity contribution in [1.29, 1.82) is 0 Å². The van der Waals surface area contributed by atoms with Gasteiger partial charge in [0, 0.05) is 21.3 Å². The summed E-state index contributed by atoms with van der Waals surface area (Å²) in [7, 11) is 0. The van der Waals surface area contributed by atoms with E-state index in [1.807, 2.05) is 18.2 Å². The number of hydrogen-bond acceptors (Lipinski definition) is 4. The van der Waals surface area contributed by atoms with Gasteiger partial charge in [-0.3, -0.25) is 14.9 Å². The number of anilines is 1. The second-order valence-corrected chi connectivity index (χ2v) is 5.63. The molecule has 21 heavy (non-hydrogen) atoms. The molecule has 0 unspecified atom stereocenters. The van der Waals surface area contributed by atoms with Crippen LogP contribution in [0.15, 0.2) is 47.5 Å². The van der Waals surface area contributed by atoms with Gasteiger partial charge in [0.1, 0.15) is 5.71 Å². The summed E-state index contributed by atoms with van der Waals surface area (Å²) in [5, 5.41) is 13.5. The van der Waals surface area contributed by atoms with E-state index in [-0.39, 0.29) is 17.3 Å². The maximum absolute atomic E-state index is 12.0. The van der Waals surface area contributed by atoms with Gasteiger partial charge in [-0.25, -0.2) is 4.99 Å². The molecule has 1 N–H and O–H groups in total. The van der Waals surface area contributed by atoms with Crippen LogP contribution in [0.4, 0.5) is 17.1 Å². The number of hydrogen-bond donors (Lipinski definition) is 1. The standard InChI is InChI=1S/C14H8IN3O3/c15-8-2-1-3-9(6-8)16-13-11-7-10(18(20)21)4-5-12(11)17-14(13)19/h1-7H,(H,16,17,19). The number of aliphatic imine (C=N–C) groups is 1. The van der Waals surface area contributed by atoms with Gasteiger partial charge in [0.15, 0.2) is 0 Å². The predicted molar refractivity (Wildman–Crippen MR) is 87.1 cm³/mol. The molecule has 0 saturated heterocycles. The molecule has 6 nitrogen and oxygen atoms in total. The van der Waals surface area contributed by atoms with Crippen LogP contribution in [0.3, 0.4) is 0 Å². The Bertz CT molecular complexity index is 802. The first-order valence-electron chi connectivity index (χ1n) is 5.99. The van der Waals surface area contributed by atoms with Crippen molar-refractivity contribution < 1.29 is 9.72 Å². The van der Waals surface area contributed by atoms with Gasteiger partial charge in [-0.2, -0.15) is 0 Å². The fourth-order valence-electron chi connectivity index (χ4n) is 2.04. The van der Waals surface area contributed by atoms with Crippen LogP contribution in [0, 0.1) is 13.7 Å². The van der Waals surface area contributed by atoms with Crippen molar-refractivity contribution in [3.63, 3.8) is 0 Å². The van der Waals surface area contributed by atoms with Crippen LogP contribution in [-0.4, -0.2) is 16.5 Å². The van der Waals surface area contributed by atoms with Crippen LogP contribution in [0.5, 0.6) is 0 Å². The number of fused-ring (bicyclic) bond motifs is 1. The van der Waals surface area contributed by atoms with Gasteiger partial charge in [0.2, 0.25) is 0 Å². The van der Waals surface area contributed by atoms with Crippen LogP contribution in [0.2, 0.25) is 0 Å². The summed E-state index contributed by atoms with van der Waals surface area (Å²) in [4.78, 5) is 26.7. The Morgan fingerprint density at radius 3 is 2.71 bits per heavy atom. The molecule has 1 amide bonds. The van der Waals surface area contributed by atoms with Crippen molar-refractivity contribution in [3.05, 3.63) is 61.7 Å². The van der Waals surface area contributed by atoms with Crippen LogP contribution < -0.4 is 5.32 Å². The molecule has 3 rings (SSSR count). The zero-order valence-corrected chi connectivity index (χ0v) is 12.7. The summed E-state index contributed by atoms with van der Waals surface area (Å²) >= 11 is 2.15. The number of carbonyl (C=O) groups is 1. The number of nitrogens with one attached hydrogen (secondary N) is 1. The van der Waals surface area contributed by atoms with E-state index in [0.29, 0.717) is 16.9 Å². The fourth-order valence-corrected chi connectivity index (χ4v) is 2.57. The van der Waals surface area contributed by atoms with Crippen LogP contribution >= 0.6 is 22.6 Å². The van der Waals surface area contributed by atoms with Gasteiger partial charge < -0.3 is 5.32 Å². The maximum atomic E-state index is 12.0. The molecule has 0 radical (unpaired) electrons. The minimum Gasteiger partial charge on any atom is -0.320 e. The third-order valence-electron chi connectivity index (χ3n) is 2.98. The summed E-state index contributed by atoms with van der Waals surface area (Å²) in [6.07, 6.45) is 0. The number of amides is 1. The molecule has 0 bridgehead atoms. The van der Waals surface area contributed by atoms with Gasteiger partial charge in [0.05, 0.1) is 16.3 Å². The summed E-state index contributed by atoms with van der Waals surface area (Å²) in [5.74, 6) is -0.357. The largest absolute Gasteiger partial charge is 0.320 e. The number of non-ortho nitro benzene ring substituents is 1. The number of carbonyl (C=O) groups excluding carboxylic acids is 1.